The van der Waals surface area contributed by atoms with E-state index in [9.17, 15) is 9.59 Å². The van der Waals surface area contributed by atoms with E-state index in [4.69, 9.17) is 9.84 Å². The Hall–Kier alpha value is -2.09. The minimum atomic E-state index is -0.871. The summed E-state index contributed by atoms with van der Waals surface area (Å²) in [6, 6.07) is 0. The average molecular weight is 352 g/mol. The Morgan fingerprint density at radius 2 is 2.08 bits per heavy atom. The minimum absolute atomic E-state index is 0.0685. The molecule has 0 spiro atoms. The molecule has 8 nitrogen and oxygen atoms in total. The van der Waals surface area contributed by atoms with E-state index in [0.29, 0.717) is 13.2 Å². The first-order valence-electron chi connectivity index (χ1n) is 8.98. The van der Waals surface area contributed by atoms with E-state index in [0.717, 1.165) is 44.6 Å². The zero-order valence-electron chi connectivity index (χ0n) is 15.1. The highest BCUT2D eigenvalue weighted by Crippen LogP contribution is 2.28. The number of carbonyl (C=O) groups is 2. The summed E-state index contributed by atoms with van der Waals surface area (Å²) in [5.74, 6) is 0.156. The van der Waals surface area contributed by atoms with Gasteiger partial charge >= 0.3 is 12.1 Å². The first kappa shape index (κ1) is 19.2. The fourth-order valence-electron chi connectivity index (χ4n) is 3.18. The number of aromatic nitrogens is 2. The fourth-order valence-corrected chi connectivity index (χ4v) is 3.18. The van der Waals surface area contributed by atoms with E-state index in [1.54, 1.807) is 22.0 Å². The highest BCUT2D eigenvalue weighted by molar-refractivity contribution is 5.67. The number of hydrazine groups is 1. The van der Waals surface area contributed by atoms with E-state index >= 15 is 0 Å². The molecule has 1 aromatic rings. The summed E-state index contributed by atoms with van der Waals surface area (Å²) in [4.78, 5) is 27.5. The van der Waals surface area contributed by atoms with E-state index in [2.05, 4.69) is 16.9 Å². The second-order valence-electron chi connectivity index (χ2n) is 6.21. The Morgan fingerprint density at radius 1 is 1.36 bits per heavy atom. The van der Waals surface area contributed by atoms with Gasteiger partial charge in [0, 0.05) is 37.9 Å². The number of aliphatic carboxylic acids is 1. The quantitative estimate of drug-likeness (QED) is 0.772. The summed E-state index contributed by atoms with van der Waals surface area (Å²) in [5, 5.41) is 12.8. The highest BCUT2D eigenvalue weighted by Gasteiger charge is 2.29. The van der Waals surface area contributed by atoms with Gasteiger partial charge in [-0.3, -0.25) is 4.79 Å². The largest absolute Gasteiger partial charge is 0.480 e. The Kier molecular flexibility index (Phi) is 7.24. The molecule has 140 valence electrons. The minimum Gasteiger partial charge on any atom is -0.480 e. The molecule has 2 rings (SSSR count). The Morgan fingerprint density at radius 3 is 2.68 bits per heavy atom. The van der Waals surface area contributed by atoms with Crippen molar-refractivity contribution in [2.45, 2.75) is 52.0 Å². The summed E-state index contributed by atoms with van der Waals surface area (Å²) >= 11 is 0. The van der Waals surface area contributed by atoms with Crippen LogP contribution < -0.4 is 0 Å². The van der Waals surface area contributed by atoms with Crippen LogP contribution in [0.1, 0.15) is 51.3 Å². The van der Waals surface area contributed by atoms with Gasteiger partial charge in [-0.1, -0.05) is 13.3 Å². The van der Waals surface area contributed by atoms with Gasteiger partial charge in [-0.2, -0.15) is 0 Å². The molecule has 8 heteroatoms. The summed E-state index contributed by atoms with van der Waals surface area (Å²) < 4.78 is 6.88. The van der Waals surface area contributed by atoms with Crippen molar-refractivity contribution in [1.82, 2.24) is 19.6 Å². The highest BCUT2D eigenvalue weighted by atomic mass is 16.6. The van der Waals surface area contributed by atoms with Crippen LogP contribution in [0.4, 0.5) is 4.79 Å². The maximum atomic E-state index is 12.2. The van der Waals surface area contributed by atoms with Gasteiger partial charge in [0.05, 0.1) is 6.61 Å². The number of carboxylic acids is 1. The van der Waals surface area contributed by atoms with Gasteiger partial charge in [0.2, 0.25) is 0 Å². The predicted octanol–water partition coefficient (Wildman–Crippen LogP) is 2.32. The van der Waals surface area contributed by atoms with Crippen LogP contribution in [0, 0.1) is 0 Å². The molecule has 0 unspecified atom stereocenters. The van der Waals surface area contributed by atoms with Gasteiger partial charge in [0.25, 0.3) is 0 Å². The van der Waals surface area contributed by atoms with E-state index in [1.165, 1.54) is 0 Å². The monoisotopic (exact) mass is 352 g/mol. The summed E-state index contributed by atoms with van der Waals surface area (Å²) in [7, 11) is 0. The fraction of sp³-hybridized carbons (Fsp3) is 0.706. The van der Waals surface area contributed by atoms with Gasteiger partial charge in [-0.15, -0.1) is 0 Å². The zero-order valence-corrected chi connectivity index (χ0v) is 15.1. The van der Waals surface area contributed by atoms with Crippen LogP contribution in [0.15, 0.2) is 12.4 Å². The molecule has 1 saturated heterocycles. The molecule has 0 aliphatic carbocycles. The maximum absolute atomic E-state index is 12.2. The predicted molar refractivity (Wildman–Crippen MR) is 92.0 cm³/mol. The molecule has 0 aromatic carbocycles. The molecule has 1 aliphatic rings. The zero-order chi connectivity index (χ0) is 18.2. The smallest absolute Gasteiger partial charge is 0.424 e. The van der Waals surface area contributed by atoms with Crippen LogP contribution in [0.25, 0.3) is 0 Å². The second kappa shape index (κ2) is 9.41. The molecule has 0 bridgehead atoms. The van der Waals surface area contributed by atoms with Crippen LogP contribution in [0.5, 0.6) is 0 Å². The lowest BCUT2D eigenvalue weighted by Crippen LogP contribution is -2.50. The van der Waals surface area contributed by atoms with E-state index in [1.807, 2.05) is 6.92 Å². The Labute approximate surface area is 148 Å². The van der Waals surface area contributed by atoms with E-state index in [-0.39, 0.29) is 18.6 Å². The molecule has 1 aliphatic heterocycles. The van der Waals surface area contributed by atoms with Crippen LogP contribution in [0.3, 0.4) is 0 Å². The van der Waals surface area contributed by atoms with Crippen molar-refractivity contribution < 1.29 is 19.4 Å². The third kappa shape index (κ3) is 5.19. The molecule has 25 heavy (non-hydrogen) atoms. The molecule has 1 fully saturated rings. The maximum Gasteiger partial charge on any atom is 0.424 e. The van der Waals surface area contributed by atoms with Crippen LogP contribution in [0.2, 0.25) is 0 Å². The topological polar surface area (TPSA) is 87.9 Å². The molecule has 2 heterocycles. The number of amides is 1. The van der Waals surface area contributed by atoms with Crippen molar-refractivity contribution in [3.05, 3.63) is 18.2 Å². The Balaban J connectivity index is 1.98. The van der Waals surface area contributed by atoms with Crippen molar-refractivity contribution in [3.63, 3.8) is 0 Å². The van der Waals surface area contributed by atoms with Gasteiger partial charge in [-0.25, -0.2) is 19.8 Å². The lowest BCUT2D eigenvalue weighted by molar-refractivity contribution is -0.137. The van der Waals surface area contributed by atoms with Crippen molar-refractivity contribution in [2.75, 3.05) is 26.2 Å². The van der Waals surface area contributed by atoms with Gasteiger partial charge in [-0.05, 0) is 26.2 Å². The number of piperidine rings is 1. The third-order valence-electron chi connectivity index (χ3n) is 4.43. The first-order chi connectivity index (χ1) is 12.1. The van der Waals surface area contributed by atoms with Crippen LogP contribution >= 0.6 is 0 Å². The molecule has 1 aromatic heterocycles. The van der Waals surface area contributed by atoms with Gasteiger partial charge < -0.3 is 14.4 Å². The first-order valence-corrected chi connectivity index (χ1v) is 8.98. The summed E-state index contributed by atoms with van der Waals surface area (Å²) in [6.45, 7) is 6.32. The number of rotatable bonds is 8. The molecule has 0 radical (unpaired) electrons. The Bertz CT molecular complexity index is 567. The van der Waals surface area contributed by atoms with Crippen molar-refractivity contribution in [1.29, 1.82) is 0 Å². The molecule has 1 N–H and O–H groups in total. The van der Waals surface area contributed by atoms with Crippen LogP contribution in [-0.2, 0) is 16.1 Å². The summed E-state index contributed by atoms with van der Waals surface area (Å²) in [5.41, 5.74) is 0. The number of imidazole rings is 1. The molecular weight excluding hydrogens is 324 g/mol. The van der Waals surface area contributed by atoms with Crippen molar-refractivity contribution in [3.8, 4) is 0 Å². The lowest BCUT2D eigenvalue weighted by atomic mass is 9.96. The molecule has 0 atom stereocenters. The SMILES string of the molecule is CCCCN(C(=O)OCC)N1CCC(c2nccn2CC(=O)O)CC1. The summed E-state index contributed by atoms with van der Waals surface area (Å²) in [6.07, 6.45) is 6.68. The third-order valence-corrected chi connectivity index (χ3v) is 4.43. The average Bonchev–Trinajstić information content (AvgIpc) is 3.03. The second-order valence-corrected chi connectivity index (χ2v) is 6.21. The number of hydrogen-bond donors (Lipinski definition) is 1. The van der Waals surface area contributed by atoms with Crippen LogP contribution in [-0.4, -0.2) is 63.0 Å². The van der Waals surface area contributed by atoms with E-state index < -0.39 is 5.97 Å². The number of nitrogens with zero attached hydrogens (tertiary/aromatic N) is 4. The number of hydrogen-bond acceptors (Lipinski definition) is 5. The van der Waals surface area contributed by atoms with Gasteiger partial charge in [0.1, 0.15) is 12.4 Å². The molecular formula is C17H28N4O4. The number of carboxylic acid groups (broad SMARTS) is 1. The van der Waals surface area contributed by atoms with Gasteiger partial charge in [0.15, 0.2) is 0 Å². The normalized spacial score (nSPS) is 15.9. The van der Waals surface area contributed by atoms with Crippen molar-refractivity contribution in [2.24, 2.45) is 0 Å². The molecule has 0 saturated carbocycles. The number of unbranched alkanes of at least 4 members (excludes halogenated alkanes) is 1. The van der Waals surface area contributed by atoms with Crippen molar-refractivity contribution >= 4 is 12.1 Å². The lowest BCUT2D eigenvalue weighted by Gasteiger charge is -2.38. The molecule has 1 amide bonds. The number of carbonyl (C=O) groups excluding carboxylic acids is 1. The standard InChI is InChI=1S/C17H28N4O4/c1-3-5-9-21(17(24)25-4-2)20-10-6-14(7-11-20)16-18-8-12-19(16)13-15(22)23/h8,12,14H,3-7,9-11,13H2,1-2H3,(H,22,23). The number of ether oxygens (including phenoxy) is 1.